The molecule has 0 radical (unpaired) electrons. The van der Waals surface area contributed by atoms with Gasteiger partial charge in [0.15, 0.2) is 5.78 Å². The molecule has 0 bridgehead atoms. The largest absolute Gasteiger partial charge is 0.398 e. The molecule has 2 aromatic carbocycles. The number of ketones is 1. The van der Waals surface area contributed by atoms with Crippen molar-refractivity contribution in [1.82, 2.24) is 0 Å². The van der Waals surface area contributed by atoms with Crippen LogP contribution >= 0.6 is 0 Å². The van der Waals surface area contributed by atoms with E-state index in [2.05, 4.69) is 0 Å². The monoisotopic (exact) mass is 261 g/mol. The van der Waals surface area contributed by atoms with Crippen molar-refractivity contribution in [3.63, 3.8) is 0 Å². The van der Waals surface area contributed by atoms with Crippen LogP contribution in [0, 0.1) is 25.5 Å². The SMILES string of the molecule is Cc1cc(C(=O)c2cccc(N)c2C)c(F)cc1F. The summed E-state index contributed by atoms with van der Waals surface area (Å²) < 4.78 is 26.9. The number of hydrogen-bond donors (Lipinski definition) is 1. The lowest BCUT2D eigenvalue weighted by Crippen LogP contribution is -2.08. The van der Waals surface area contributed by atoms with Gasteiger partial charge in [0.05, 0.1) is 5.56 Å². The average Bonchev–Trinajstić information content (AvgIpc) is 2.36. The Kier molecular flexibility index (Phi) is 3.34. The maximum Gasteiger partial charge on any atom is 0.196 e. The second-order valence-corrected chi connectivity index (χ2v) is 4.43. The third-order valence-electron chi connectivity index (χ3n) is 3.11. The summed E-state index contributed by atoms with van der Waals surface area (Å²) >= 11 is 0. The van der Waals surface area contributed by atoms with Crippen LogP contribution in [-0.4, -0.2) is 5.78 Å². The van der Waals surface area contributed by atoms with Gasteiger partial charge in [-0.1, -0.05) is 12.1 Å². The van der Waals surface area contributed by atoms with Crippen LogP contribution in [0.15, 0.2) is 30.3 Å². The molecule has 0 saturated carbocycles. The lowest BCUT2D eigenvalue weighted by Gasteiger charge is -2.09. The fraction of sp³-hybridized carbons (Fsp3) is 0.133. The summed E-state index contributed by atoms with van der Waals surface area (Å²) in [5.74, 6) is -2.03. The quantitative estimate of drug-likeness (QED) is 0.665. The molecule has 0 heterocycles. The summed E-state index contributed by atoms with van der Waals surface area (Å²) in [6, 6.07) is 6.81. The topological polar surface area (TPSA) is 43.1 Å². The number of rotatable bonds is 2. The molecule has 0 saturated heterocycles. The molecule has 2 rings (SSSR count). The van der Waals surface area contributed by atoms with Gasteiger partial charge in [0, 0.05) is 17.3 Å². The molecule has 0 aliphatic carbocycles. The van der Waals surface area contributed by atoms with E-state index in [1.165, 1.54) is 13.0 Å². The predicted octanol–water partition coefficient (Wildman–Crippen LogP) is 3.39. The lowest BCUT2D eigenvalue weighted by molar-refractivity contribution is 0.103. The zero-order valence-electron chi connectivity index (χ0n) is 10.6. The molecule has 0 aliphatic heterocycles. The highest BCUT2D eigenvalue weighted by Gasteiger charge is 2.18. The third kappa shape index (κ3) is 2.34. The number of carbonyl (C=O) groups excluding carboxylic acids is 1. The highest BCUT2D eigenvalue weighted by molar-refractivity contribution is 6.10. The Morgan fingerprint density at radius 3 is 2.42 bits per heavy atom. The number of halogens is 2. The van der Waals surface area contributed by atoms with E-state index in [1.54, 1.807) is 25.1 Å². The third-order valence-corrected chi connectivity index (χ3v) is 3.11. The normalized spacial score (nSPS) is 10.5. The van der Waals surface area contributed by atoms with Crippen LogP contribution in [0.5, 0.6) is 0 Å². The first-order valence-corrected chi connectivity index (χ1v) is 5.77. The molecular formula is C15H13F2NO. The zero-order valence-corrected chi connectivity index (χ0v) is 10.6. The summed E-state index contributed by atoms with van der Waals surface area (Å²) in [5.41, 5.74) is 7.18. The molecule has 98 valence electrons. The second kappa shape index (κ2) is 4.80. The van der Waals surface area contributed by atoms with E-state index in [0.717, 1.165) is 6.07 Å². The standard InChI is InChI=1S/C15H13F2NO/c1-8-6-11(13(17)7-12(8)16)15(19)10-4-3-5-14(18)9(10)2/h3-7H,18H2,1-2H3. The van der Waals surface area contributed by atoms with Gasteiger partial charge in [-0.25, -0.2) is 8.78 Å². The van der Waals surface area contributed by atoms with E-state index in [-0.39, 0.29) is 11.1 Å². The number of nitrogen functional groups attached to an aromatic ring is 1. The van der Waals surface area contributed by atoms with Crippen LogP contribution < -0.4 is 5.73 Å². The zero-order chi connectivity index (χ0) is 14.2. The van der Waals surface area contributed by atoms with Gasteiger partial charge in [-0.05, 0) is 37.1 Å². The van der Waals surface area contributed by atoms with Crippen LogP contribution in [0.1, 0.15) is 27.0 Å². The molecule has 2 N–H and O–H groups in total. The van der Waals surface area contributed by atoms with Crippen LogP contribution in [0.2, 0.25) is 0 Å². The Hall–Kier alpha value is -2.23. The molecular weight excluding hydrogens is 248 g/mol. The fourth-order valence-corrected chi connectivity index (χ4v) is 1.88. The number of hydrogen-bond acceptors (Lipinski definition) is 2. The molecule has 2 nitrogen and oxygen atoms in total. The average molecular weight is 261 g/mol. The van der Waals surface area contributed by atoms with Gasteiger partial charge in [-0.2, -0.15) is 0 Å². The Labute approximate surface area is 109 Å². The van der Waals surface area contributed by atoms with Crippen molar-refractivity contribution in [3.05, 3.63) is 64.2 Å². The number of anilines is 1. The molecule has 0 atom stereocenters. The Morgan fingerprint density at radius 1 is 1.05 bits per heavy atom. The summed E-state index contributed by atoms with van der Waals surface area (Å²) in [4.78, 5) is 12.3. The van der Waals surface area contributed by atoms with Gasteiger partial charge < -0.3 is 5.73 Å². The predicted molar refractivity (Wildman–Crippen MR) is 70.1 cm³/mol. The van der Waals surface area contributed by atoms with Crippen molar-refractivity contribution in [3.8, 4) is 0 Å². The van der Waals surface area contributed by atoms with Crippen molar-refractivity contribution in [1.29, 1.82) is 0 Å². The van der Waals surface area contributed by atoms with Gasteiger partial charge in [-0.15, -0.1) is 0 Å². The number of benzene rings is 2. The van der Waals surface area contributed by atoms with Crippen molar-refractivity contribution in [2.45, 2.75) is 13.8 Å². The number of nitrogens with two attached hydrogens (primary N) is 1. The van der Waals surface area contributed by atoms with E-state index < -0.39 is 17.4 Å². The first-order chi connectivity index (χ1) is 8.91. The molecule has 0 amide bonds. The molecule has 0 fully saturated rings. The molecule has 0 aliphatic rings. The van der Waals surface area contributed by atoms with Gasteiger partial charge in [0.1, 0.15) is 11.6 Å². The van der Waals surface area contributed by atoms with Crippen molar-refractivity contribution in [2.75, 3.05) is 5.73 Å². The minimum atomic E-state index is -0.866. The maximum atomic E-state index is 13.7. The molecule has 0 aromatic heterocycles. The van der Waals surface area contributed by atoms with Gasteiger partial charge in [-0.3, -0.25) is 4.79 Å². The molecule has 0 unspecified atom stereocenters. The highest BCUT2D eigenvalue weighted by Crippen LogP contribution is 2.22. The van der Waals surface area contributed by atoms with Crippen molar-refractivity contribution < 1.29 is 13.6 Å². The minimum Gasteiger partial charge on any atom is -0.398 e. The van der Waals surface area contributed by atoms with E-state index in [1.807, 2.05) is 0 Å². The van der Waals surface area contributed by atoms with E-state index in [9.17, 15) is 13.6 Å². The van der Waals surface area contributed by atoms with Crippen LogP contribution in [0.4, 0.5) is 14.5 Å². The highest BCUT2D eigenvalue weighted by atomic mass is 19.1. The van der Waals surface area contributed by atoms with E-state index >= 15 is 0 Å². The lowest BCUT2D eigenvalue weighted by atomic mass is 9.96. The molecule has 4 heteroatoms. The Morgan fingerprint density at radius 2 is 1.74 bits per heavy atom. The second-order valence-electron chi connectivity index (χ2n) is 4.43. The summed E-state index contributed by atoms with van der Waals surface area (Å²) in [5, 5.41) is 0. The van der Waals surface area contributed by atoms with Crippen LogP contribution in [-0.2, 0) is 0 Å². The number of aryl methyl sites for hydroxylation is 1. The van der Waals surface area contributed by atoms with Gasteiger partial charge >= 0.3 is 0 Å². The first-order valence-electron chi connectivity index (χ1n) is 5.77. The van der Waals surface area contributed by atoms with Crippen molar-refractivity contribution >= 4 is 11.5 Å². The van der Waals surface area contributed by atoms with Gasteiger partial charge in [0.25, 0.3) is 0 Å². The Bertz CT molecular complexity index is 665. The maximum absolute atomic E-state index is 13.7. The first kappa shape index (κ1) is 13.2. The van der Waals surface area contributed by atoms with Crippen LogP contribution in [0.25, 0.3) is 0 Å². The summed E-state index contributed by atoms with van der Waals surface area (Å²) in [6.07, 6.45) is 0. The van der Waals surface area contributed by atoms with Gasteiger partial charge in [0.2, 0.25) is 0 Å². The van der Waals surface area contributed by atoms with Crippen LogP contribution in [0.3, 0.4) is 0 Å². The van der Waals surface area contributed by atoms with E-state index in [0.29, 0.717) is 16.8 Å². The summed E-state index contributed by atoms with van der Waals surface area (Å²) in [7, 11) is 0. The molecule has 0 spiro atoms. The fourth-order valence-electron chi connectivity index (χ4n) is 1.88. The molecule has 19 heavy (non-hydrogen) atoms. The smallest absolute Gasteiger partial charge is 0.196 e. The van der Waals surface area contributed by atoms with E-state index in [4.69, 9.17) is 5.73 Å². The van der Waals surface area contributed by atoms with Crippen molar-refractivity contribution in [2.24, 2.45) is 0 Å². The summed E-state index contributed by atoms with van der Waals surface area (Å²) in [6.45, 7) is 3.18. The molecule has 2 aromatic rings. The minimum absolute atomic E-state index is 0.146. The Balaban J connectivity index is 2.56. The number of carbonyl (C=O) groups is 1.